The molecule has 4 heteroatoms. The first-order valence-corrected chi connectivity index (χ1v) is 20.5. The summed E-state index contributed by atoms with van der Waals surface area (Å²) in [6.45, 7) is 0. The van der Waals surface area contributed by atoms with Gasteiger partial charge in [-0.3, -0.25) is 4.57 Å². The molecule has 3 aromatic heterocycles. The van der Waals surface area contributed by atoms with Crippen LogP contribution in [0.5, 0.6) is 0 Å². The van der Waals surface area contributed by atoms with Crippen molar-refractivity contribution < 1.29 is 4.42 Å². The number of aromatic nitrogens is 1. The molecule has 0 bridgehead atoms. The van der Waals surface area contributed by atoms with Crippen molar-refractivity contribution in [2.75, 3.05) is 4.90 Å². The number of thiophene rings is 1. The zero-order valence-corrected chi connectivity index (χ0v) is 32.2. The predicted octanol–water partition coefficient (Wildman–Crippen LogP) is 15.9. The van der Waals surface area contributed by atoms with E-state index < -0.39 is 0 Å². The number of hydrogen-bond acceptors (Lipinski definition) is 3. The standard InChI is InChI=1S/C54H34N2OS/c1-2-14-40(15-3-1)56-47-20-10-18-43(51(47)52-46-17-6-8-22-49(46)57-54(52)56)37-28-32-42(33-29-37)55(48-21-11-19-45-44-16-7-9-23-50(44)58-53(45)48)41-30-26-36(27-31-41)39-25-24-35-12-4-5-13-38(35)34-39/h1-34H. The molecule has 0 fully saturated rings. The molecule has 58 heavy (non-hydrogen) atoms. The summed E-state index contributed by atoms with van der Waals surface area (Å²) in [5, 5.41) is 8.51. The molecule has 0 unspecified atom stereocenters. The summed E-state index contributed by atoms with van der Waals surface area (Å²) in [7, 11) is 0. The Bertz CT molecular complexity index is 3500. The van der Waals surface area contributed by atoms with Crippen molar-refractivity contribution in [1.82, 2.24) is 4.57 Å². The van der Waals surface area contributed by atoms with Crippen LogP contribution in [0, 0.1) is 0 Å². The quantitative estimate of drug-likeness (QED) is 0.168. The summed E-state index contributed by atoms with van der Waals surface area (Å²) in [5.74, 6) is 0. The van der Waals surface area contributed by atoms with Crippen molar-refractivity contribution in [2.24, 2.45) is 0 Å². The van der Waals surface area contributed by atoms with Crippen molar-refractivity contribution in [1.29, 1.82) is 0 Å². The Morgan fingerprint density at radius 3 is 1.93 bits per heavy atom. The van der Waals surface area contributed by atoms with E-state index in [0.29, 0.717) is 0 Å². The van der Waals surface area contributed by atoms with E-state index in [1.165, 1.54) is 58.7 Å². The van der Waals surface area contributed by atoms with Gasteiger partial charge < -0.3 is 9.32 Å². The first-order valence-electron chi connectivity index (χ1n) is 19.7. The molecule has 3 nitrogen and oxygen atoms in total. The summed E-state index contributed by atoms with van der Waals surface area (Å²) >= 11 is 1.86. The number of hydrogen-bond donors (Lipinski definition) is 0. The van der Waals surface area contributed by atoms with E-state index in [9.17, 15) is 0 Å². The molecule has 0 atom stereocenters. The van der Waals surface area contributed by atoms with Crippen molar-refractivity contribution in [3.63, 3.8) is 0 Å². The maximum absolute atomic E-state index is 6.63. The Kier molecular flexibility index (Phi) is 7.40. The van der Waals surface area contributed by atoms with Crippen molar-refractivity contribution in [2.45, 2.75) is 0 Å². The molecule has 0 aliphatic carbocycles. The third-order valence-electron chi connectivity index (χ3n) is 11.6. The second kappa shape index (κ2) is 13.1. The number of nitrogens with zero attached hydrogens (tertiary/aromatic N) is 2. The van der Waals surface area contributed by atoms with Crippen molar-refractivity contribution in [3.05, 3.63) is 206 Å². The number of rotatable bonds is 6. The van der Waals surface area contributed by atoms with Crippen LogP contribution in [-0.4, -0.2) is 4.57 Å². The monoisotopic (exact) mass is 758 g/mol. The molecule has 272 valence electrons. The summed E-state index contributed by atoms with van der Waals surface area (Å²) in [5.41, 5.74) is 12.0. The molecular formula is C54H34N2OS. The number of anilines is 3. The predicted molar refractivity (Wildman–Crippen MR) is 247 cm³/mol. The van der Waals surface area contributed by atoms with Gasteiger partial charge >= 0.3 is 0 Å². The van der Waals surface area contributed by atoms with Gasteiger partial charge in [-0.05, 0) is 99.8 Å². The average molecular weight is 759 g/mol. The Balaban J connectivity index is 1.02. The van der Waals surface area contributed by atoms with Crippen LogP contribution >= 0.6 is 11.3 Å². The Morgan fingerprint density at radius 2 is 1.10 bits per heavy atom. The second-order valence-electron chi connectivity index (χ2n) is 14.9. The Morgan fingerprint density at radius 1 is 0.448 bits per heavy atom. The summed E-state index contributed by atoms with van der Waals surface area (Å²) in [6.07, 6.45) is 0. The van der Waals surface area contributed by atoms with Gasteiger partial charge in [-0.25, -0.2) is 0 Å². The van der Waals surface area contributed by atoms with E-state index >= 15 is 0 Å². The normalized spacial score (nSPS) is 11.8. The maximum atomic E-state index is 6.63. The van der Waals surface area contributed by atoms with Crippen LogP contribution in [0.1, 0.15) is 0 Å². The lowest BCUT2D eigenvalue weighted by Crippen LogP contribution is -2.10. The highest BCUT2D eigenvalue weighted by molar-refractivity contribution is 7.26. The van der Waals surface area contributed by atoms with Crippen LogP contribution in [0.3, 0.4) is 0 Å². The lowest BCUT2D eigenvalue weighted by Gasteiger charge is -2.26. The van der Waals surface area contributed by atoms with Crippen LogP contribution in [0.15, 0.2) is 211 Å². The van der Waals surface area contributed by atoms with Gasteiger partial charge in [0.1, 0.15) is 5.58 Å². The topological polar surface area (TPSA) is 21.3 Å². The van der Waals surface area contributed by atoms with Crippen LogP contribution in [-0.2, 0) is 0 Å². The van der Waals surface area contributed by atoms with Gasteiger partial charge in [0.25, 0.3) is 0 Å². The van der Waals surface area contributed by atoms with Gasteiger partial charge in [-0.2, -0.15) is 0 Å². The van der Waals surface area contributed by atoms with Gasteiger partial charge in [0, 0.05) is 43.3 Å². The molecule has 0 aliphatic rings. The third-order valence-corrected chi connectivity index (χ3v) is 12.8. The fourth-order valence-electron chi connectivity index (χ4n) is 8.90. The molecule has 3 heterocycles. The van der Waals surface area contributed by atoms with E-state index in [2.05, 4.69) is 210 Å². The number of para-hydroxylation sites is 2. The molecule has 0 spiro atoms. The van der Waals surface area contributed by atoms with Crippen LogP contribution in [0.25, 0.3) is 91.9 Å². The SMILES string of the molecule is c1ccc(-n2c3cccc(-c4ccc(N(c5ccc(-c6ccc7ccccc7c6)cc5)c5cccc6c5sc5ccccc56)cc4)c3c3c4ccccc4oc32)cc1. The molecule has 0 amide bonds. The lowest BCUT2D eigenvalue weighted by molar-refractivity contribution is 0.645. The smallest absolute Gasteiger partial charge is 0.213 e. The third kappa shape index (κ3) is 5.12. The molecule has 0 saturated carbocycles. The molecule has 0 aliphatic heterocycles. The summed E-state index contributed by atoms with van der Waals surface area (Å²) < 4.78 is 11.5. The average Bonchev–Trinajstić information content (AvgIpc) is 3.96. The van der Waals surface area contributed by atoms with Crippen molar-refractivity contribution in [3.8, 4) is 27.9 Å². The summed E-state index contributed by atoms with van der Waals surface area (Å²) in [4.78, 5) is 2.42. The molecule has 0 radical (unpaired) electrons. The molecule has 0 N–H and O–H groups in total. The van der Waals surface area contributed by atoms with E-state index in [1.54, 1.807) is 0 Å². The zero-order chi connectivity index (χ0) is 38.2. The highest BCUT2D eigenvalue weighted by Crippen LogP contribution is 2.47. The van der Waals surface area contributed by atoms with Crippen LogP contribution in [0.2, 0.25) is 0 Å². The summed E-state index contributed by atoms with van der Waals surface area (Å²) in [6, 6.07) is 74.4. The second-order valence-corrected chi connectivity index (χ2v) is 15.9. The van der Waals surface area contributed by atoms with Gasteiger partial charge in [0.05, 0.1) is 21.3 Å². The minimum Gasteiger partial charge on any atom is -0.439 e. The molecule has 9 aromatic carbocycles. The van der Waals surface area contributed by atoms with Crippen molar-refractivity contribution >= 4 is 92.3 Å². The number of fused-ring (bicyclic) bond motifs is 9. The Labute approximate surface area is 338 Å². The fourth-order valence-corrected chi connectivity index (χ4v) is 10.1. The van der Waals surface area contributed by atoms with E-state index in [1.807, 2.05) is 17.4 Å². The van der Waals surface area contributed by atoms with E-state index in [4.69, 9.17) is 4.42 Å². The largest absolute Gasteiger partial charge is 0.439 e. The van der Waals surface area contributed by atoms with Gasteiger partial charge in [-0.15, -0.1) is 11.3 Å². The first-order chi connectivity index (χ1) is 28.8. The van der Waals surface area contributed by atoms with E-state index in [-0.39, 0.29) is 0 Å². The minimum atomic E-state index is 0.862. The fraction of sp³-hybridized carbons (Fsp3) is 0. The molecule has 0 saturated heterocycles. The zero-order valence-electron chi connectivity index (χ0n) is 31.3. The highest BCUT2D eigenvalue weighted by Gasteiger charge is 2.23. The molecule has 12 rings (SSSR count). The van der Waals surface area contributed by atoms with Gasteiger partial charge in [0.15, 0.2) is 0 Å². The lowest BCUT2D eigenvalue weighted by atomic mass is 9.98. The number of furan rings is 1. The maximum Gasteiger partial charge on any atom is 0.213 e. The molecule has 12 aromatic rings. The number of benzene rings is 9. The minimum absolute atomic E-state index is 0.862. The highest BCUT2D eigenvalue weighted by atomic mass is 32.1. The van der Waals surface area contributed by atoms with Crippen LogP contribution < -0.4 is 4.90 Å². The molecular weight excluding hydrogens is 725 g/mol. The van der Waals surface area contributed by atoms with E-state index in [0.717, 1.165) is 50.2 Å². The van der Waals surface area contributed by atoms with Crippen LogP contribution in [0.4, 0.5) is 17.1 Å². The first kappa shape index (κ1) is 32.8. The Hall–Kier alpha value is -7.40. The van der Waals surface area contributed by atoms with Gasteiger partial charge in [0.2, 0.25) is 5.71 Å². The van der Waals surface area contributed by atoms with Gasteiger partial charge in [-0.1, -0.05) is 140 Å².